The Balaban J connectivity index is 1.46. The van der Waals surface area contributed by atoms with Crippen LogP contribution in [0.15, 0.2) is 71.6 Å². The first-order valence-corrected chi connectivity index (χ1v) is 21.5. The van der Waals surface area contributed by atoms with Gasteiger partial charge in [-0.25, -0.2) is 8.42 Å². The first kappa shape index (κ1) is 44.4. The molecule has 1 fully saturated rings. The van der Waals surface area contributed by atoms with Crippen LogP contribution >= 0.6 is 0 Å². The van der Waals surface area contributed by atoms with Crippen molar-refractivity contribution in [2.75, 3.05) is 85.5 Å². The summed E-state index contributed by atoms with van der Waals surface area (Å²) in [4.78, 5) is 16.0. The summed E-state index contributed by atoms with van der Waals surface area (Å²) in [7, 11) is 0.987. The van der Waals surface area contributed by atoms with Gasteiger partial charge in [-0.2, -0.15) is 4.31 Å². The number of fused-ring (bicyclic) bond motifs is 1. The SMILES string of the molecule is COCCCOC(=O)C(C)(C)C[C@@H]1C[C@H](c2ccc(OCCCOC)cc2)[C@@H](OCc2ccc3c(c2)N(CCCOC)CCO3)CN1S(=O)(=O)c1ccc(C)cc1. The van der Waals surface area contributed by atoms with Crippen LogP contribution in [0, 0.1) is 12.3 Å². The van der Waals surface area contributed by atoms with Gasteiger partial charge in [-0.05, 0) is 87.6 Å². The maximum Gasteiger partial charge on any atom is 0.311 e. The fourth-order valence-corrected chi connectivity index (χ4v) is 9.19. The van der Waals surface area contributed by atoms with Gasteiger partial charge in [-0.15, -0.1) is 0 Å². The van der Waals surface area contributed by atoms with Gasteiger partial charge in [0.2, 0.25) is 10.0 Å². The quantitative estimate of drug-likeness (QED) is 0.0790. The van der Waals surface area contributed by atoms with Crippen LogP contribution in [0.3, 0.4) is 0 Å². The molecule has 0 aliphatic carbocycles. The average Bonchev–Trinajstić information content (AvgIpc) is 3.20. The van der Waals surface area contributed by atoms with Gasteiger partial charge in [0.25, 0.3) is 0 Å². The van der Waals surface area contributed by atoms with Gasteiger partial charge in [-0.3, -0.25) is 4.79 Å². The normalized spacial score (nSPS) is 18.8. The Hall–Kier alpha value is -3.72. The van der Waals surface area contributed by atoms with Gasteiger partial charge in [0, 0.05) is 79.0 Å². The minimum atomic E-state index is -4.00. The number of benzene rings is 3. The molecule has 0 spiro atoms. The molecule has 0 amide bonds. The summed E-state index contributed by atoms with van der Waals surface area (Å²) in [5.41, 5.74) is 2.96. The number of carbonyl (C=O) groups excluding carboxylic acids is 1. The molecule has 13 heteroatoms. The van der Waals surface area contributed by atoms with Crippen molar-refractivity contribution >= 4 is 21.7 Å². The number of rotatable bonds is 22. The van der Waals surface area contributed by atoms with Crippen molar-refractivity contribution in [3.8, 4) is 11.5 Å². The number of esters is 1. The number of hydrogen-bond acceptors (Lipinski definition) is 11. The number of carbonyl (C=O) groups is 1. The highest BCUT2D eigenvalue weighted by atomic mass is 32.2. The number of piperidine rings is 1. The van der Waals surface area contributed by atoms with E-state index < -0.39 is 27.6 Å². The average molecular weight is 811 g/mol. The molecule has 2 aliphatic heterocycles. The van der Waals surface area contributed by atoms with Crippen LogP contribution in [0.4, 0.5) is 5.69 Å². The van der Waals surface area contributed by atoms with Crippen LogP contribution in [0.25, 0.3) is 0 Å². The second-order valence-corrected chi connectivity index (χ2v) is 17.4. The molecule has 3 aromatic rings. The van der Waals surface area contributed by atoms with Crippen LogP contribution in [0.5, 0.6) is 11.5 Å². The molecule has 5 rings (SSSR count). The van der Waals surface area contributed by atoms with E-state index in [1.54, 1.807) is 49.9 Å². The molecule has 0 radical (unpaired) electrons. The number of anilines is 1. The Morgan fingerprint density at radius 2 is 1.54 bits per heavy atom. The zero-order valence-electron chi connectivity index (χ0n) is 34.6. The zero-order chi connectivity index (χ0) is 40.8. The van der Waals surface area contributed by atoms with Crippen LogP contribution in [0.2, 0.25) is 0 Å². The lowest BCUT2D eigenvalue weighted by molar-refractivity contribution is -0.155. The van der Waals surface area contributed by atoms with Crippen molar-refractivity contribution in [1.82, 2.24) is 4.31 Å². The van der Waals surface area contributed by atoms with Crippen LogP contribution < -0.4 is 14.4 Å². The van der Waals surface area contributed by atoms with Gasteiger partial charge >= 0.3 is 5.97 Å². The number of ether oxygens (including phenoxy) is 7. The highest BCUT2D eigenvalue weighted by Gasteiger charge is 2.46. The van der Waals surface area contributed by atoms with E-state index in [-0.39, 0.29) is 43.0 Å². The number of methoxy groups -OCH3 is 3. The third-order valence-corrected chi connectivity index (χ3v) is 12.6. The number of aryl methyl sites for hydroxylation is 1. The predicted octanol–water partition coefficient (Wildman–Crippen LogP) is 6.77. The van der Waals surface area contributed by atoms with Crippen molar-refractivity contribution in [2.45, 2.75) is 82.4 Å². The molecule has 0 aromatic heterocycles. The number of sulfonamides is 1. The van der Waals surface area contributed by atoms with Gasteiger partial charge in [0.15, 0.2) is 0 Å². The lowest BCUT2D eigenvalue weighted by Crippen LogP contribution is -2.54. The molecule has 0 N–H and O–H groups in total. The summed E-state index contributed by atoms with van der Waals surface area (Å²) in [6.07, 6.45) is 2.42. The summed E-state index contributed by atoms with van der Waals surface area (Å²) in [6, 6.07) is 20.5. The largest absolute Gasteiger partial charge is 0.494 e. The number of hydrogen-bond donors (Lipinski definition) is 0. The maximum absolute atomic E-state index is 14.7. The number of nitrogens with zero attached hydrogens (tertiary/aromatic N) is 2. The molecule has 0 unspecified atom stereocenters. The van der Waals surface area contributed by atoms with Crippen molar-refractivity contribution in [1.29, 1.82) is 0 Å². The van der Waals surface area contributed by atoms with Crippen LogP contribution in [0.1, 0.15) is 68.6 Å². The molecule has 0 bridgehead atoms. The molecule has 3 aromatic carbocycles. The summed E-state index contributed by atoms with van der Waals surface area (Å²) < 4.78 is 70.9. The van der Waals surface area contributed by atoms with Crippen molar-refractivity contribution in [2.24, 2.45) is 5.41 Å². The molecule has 12 nitrogen and oxygen atoms in total. The summed E-state index contributed by atoms with van der Waals surface area (Å²) in [6.45, 7) is 10.7. The summed E-state index contributed by atoms with van der Waals surface area (Å²) in [5.74, 6) is 1.01. The Morgan fingerprint density at radius 1 is 0.860 bits per heavy atom. The Bertz CT molecular complexity index is 1800. The fourth-order valence-electron chi connectivity index (χ4n) is 7.54. The van der Waals surface area contributed by atoms with E-state index in [1.165, 1.54) is 0 Å². The van der Waals surface area contributed by atoms with Gasteiger partial charge in [0.1, 0.15) is 18.1 Å². The van der Waals surface area contributed by atoms with E-state index in [0.29, 0.717) is 45.9 Å². The molecular formula is C44H62N2O10S. The standard InChI is InChI=1S/C44H62N2O10S/c1-33-10-17-38(18-11-33)57(48,49)46-31-42(56-32-34-12-19-41-40(28-34)45(21-27-54-41)20-7-22-50-4)39(35-13-15-37(16-14-35)53-25-8-23-51-5)29-36(46)30-44(2,3)43(47)55-26-9-24-52-6/h10-19,28,36,39,42H,7-9,20-27,29-32H2,1-6H3/t36-,39+,42-/m0/s1. The lowest BCUT2D eigenvalue weighted by Gasteiger charge is -2.45. The first-order valence-electron chi connectivity index (χ1n) is 20.0. The van der Waals surface area contributed by atoms with Crippen LogP contribution in [-0.2, 0) is 45.1 Å². The summed E-state index contributed by atoms with van der Waals surface area (Å²) in [5, 5.41) is 0. The Kier molecular flexibility index (Phi) is 16.6. The Morgan fingerprint density at radius 3 is 2.25 bits per heavy atom. The molecule has 314 valence electrons. The van der Waals surface area contributed by atoms with E-state index in [1.807, 2.05) is 57.2 Å². The summed E-state index contributed by atoms with van der Waals surface area (Å²) >= 11 is 0. The molecule has 2 aliphatic rings. The third-order valence-electron chi connectivity index (χ3n) is 10.7. The third kappa shape index (κ3) is 12.2. The van der Waals surface area contributed by atoms with Gasteiger partial charge < -0.3 is 38.1 Å². The van der Waals surface area contributed by atoms with E-state index in [9.17, 15) is 13.2 Å². The molecular weight excluding hydrogens is 749 g/mol. The molecule has 57 heavy (non-hydrogen) atoms. The topological polar surface area (TPSA) is 122 Å². The predicted molar refractivity (Wildman–Crippen MR) is 220 cm³/mol. The highest BCUT2D eigenvalue weighted by molar-refractivity contribution is 7.89. The van der Waals surface area contributed by atoms with Crippen molar-refractivity contribution < 1.29 is 46.4 Å². The van der Waals surface area contributed by atoms with E-state index in [0.717, 1.165) is 59.8 Å². The van der Waals surface area contributed by atoms with E-state index >= 15 is 0 Å². The second-order valence-electron chi connectivity index (χ2n) is 15.6. The molecule has 1 saturated heterocycles. The zero-order valence-corrected chi connectivity index (χ0v) is 35.4. The minimum Gasteiger partial charge on any atom is -0.494 e. The smallest absolute Gasteiger partial charge is 0.311 e. The van der Waals surface area contributed by atoms with Gasteiger partial charge in [0.05, 0.1) is 48.5 Å². The molecule has 2 heterocycles. The fraction of sp³-hybridized carbons (Fsp3) is 0.568. The highest BCUT2D eigenvalue weighted by Crippen LogP contribution is 2.42. The molecule has 3 atom stereocenters. The van der Waals surface area contributed by atoms with Crippen molar-refractivity contribution in [3.63, 3.8) is 0 Å². The Labute approximate surface area is 339 Å². The first-order chi connectivity index (χ1) is 27.5. The van der Waals surface area contributed by atoms with Crippen LogP contribution in [-0.4, -0.2) is 111 Å². The van der Waals surface area contributed by atoms with Gasteiger partial charge in [-0.1, -0.05) is 35.9 Å². The monoisotopic (exact) mass is 810 g/mol. The van der Waals surface area contributed by atoms with E-state index in [4.69, 9.17) is 33.2 Å². The lowest BCUT2D eigenvalue weighted by atomic mass is 9.77. The minimum absolute atomic E-state index is 0.0942. The van der Waals surface area contributed by atoms with Crippen molar-refractivity contribution in [3.05, 3.63) is 83.4 Å². The molecule has 0 saturated carbocycles. The van der Waals surface area contributed by atoms with E-state index in [2.05, 4.69) is 11.0 Å². The maximum atomic E-state index is 14.7. The second kappa shape index (κ2) is 21.3.